The van der Waals surface area contributed by atoms with Crippen LogP contribution in [0.3, 0.4) is 0 Å². The summed E-state index contributed by atoms with van der Waals surface area (Å²) in [5, 5.41) is 13.7. The van der Waals surface area contributed by atoms with Crippen LogP contribution >= 0.6 is 0 Å². The zero-order valence-electron chi connectivity index (χ0n) is 21.3. The Morgan fingerprint density at radius 1 is 0.774 bits per heavy atom. The molecule has 31 heavy (non-hydrogen) atoms. The third-order valence-corrected chi connectivity index (χ3v) is 7.18. The lowest BCUT2D eigenvalue weighted by Gasteiger charge is -2.39. The van der Waals surface area contributed by atoms with Crippen LogP contribution in [-0.4, -0.2) is 28.5 Å². The first-order valence-electron chi connectivity index (χ1n) is 13.8. The zero-order valence-corrected chi connectivity index (χ0v) is 21.3. The average Bonchev–Trinajstić information content (AvgIpc) is 3.19. The Labute approximate surface area is 195 Å². The van der Waals surface area contributed by atoms with Gasteiger partial charge in [-0.2, -0.15) is 0 Å². The van der Waals surface area contributed by atoms with Gasteiger partial charge in [0, 0.05) is 13.3 Å². The molecule has 0 saturated carbocycles. The molecule has 0 aromatic heterocycles. The molecular formula is C28H55N2O+. The topological polar surface area (TPSA) is 32.3 Å². The lowest BCUT2D eigenvalue weighted by Crippen LogP contribution is -2.57. The highest BCUT2D eigenvalue weighted by Gasteiger charge is 2.40. The van der Waals surface area contributed by atoms with E-state index >= 15 is 0 Å². The van der Waals surface area contributed by atoms with Crippen LogP contribution < -0.4 is 5.32 Å². The molecule has 0 radical (unpaired) electrons. The van der Waals surface area contributed by atoms with Crippen LogP contribution in [-0.2, 0) is 0 Å². The van der Waals surface area contributed by atoms with E-state index in [2.05, 4.69) is 37.5 Å². The van der Waals surface area contributed by atoms with E-state index in [0.717, 1.165) is 13.0 Å². The second-order valence-electron chi connectivity index (χ2n) is 9.73. The molecule has 0 fully saturated rings. The molecule has 0 amide bonds. The molecular weight excluding hydrogens is 380 g/mol. The molecule has 3 atom stereocenters. The van der Waals surface area contributed by atoms with Crippen LogP contribution in [0.5, 0.6) is 0 Å². The molecule has 1 rings (SSSR count). The van der Waals surface area contributed by atoms with Gasteiger partial charge in [0.05, 0.1) is 12.7 Å². The van der Waals surface area contributed by atoms with Crippen LogP contribution in [0.1, 0.15) is 136 Å². The first-order chi connectivity index (χ1) is 15.2. The summed E-state index contributed by atoms with van der Waals surface area (Å²) in [4.78, 5) is 0. The Kier molecular flexibility index (Phi) is 17.1. The molecule has 0 spiro atoms. The molecule has 1 heterocycles. The molecule has 0 saturated heterocycles. The van der Waals surface area contributed by atoms with Gasteiger partial charge >= 0.3 is 0 Å². The van der Waals surface area contributed by atoms with Gasteiger partial charge in [0.1, 0.15) is 6.20 Å². The van der Waals surface area contributed by atoms with E-state index in [1.807, 2.05) is 13.1 Å². The van der Waals surface area contributed by atoms with Gasteiger partial charge in [0.15, 0.2) is 12.4 Å². The van der Waals surface area contributed by atoms with Crippen molar-refractivity contribution < 1.29 is 9.59 Å². The van der Waals surface area contributed by atoms with Gasteiger partial charge in [-0.3, -0.25) is 4.48 Å². The Morgan fingerprint density at radius 2 is 1.26 bits per heavy atom. The molecule has 0 aliphatic carbocycles. The van der Waals surface area contributed by atoms with Crippen LogP contribution in [0.4, 0.5) is 0 Å². The summed E-state index contributed by atoms with van der Waals surface area (Å²) in [6.45, 7) is 7.28. The number of aliphatic hydroxyl groups excluding tert-OH is 1. The number of nitrogens with one attached hydrogen (secondary N) is 1. The van der Waals surface area contributed by atoms with Crippen molar-refractivity contribution in [3.8, 4) is 0 Å². The molecule has 0 aromatic rings. The van der Waals surface area contributed by atoms with Crippen LogP contribution in [0, 0.1) is 0 Å². The lowest BCUT2D eigenvalue weighted by molar-refractivity contribution is -0.942. The molecule has 3 unspecified atom stereocenters. The second-order valence-corrected chi connectivity index (χ2v) is 9.73. The number of quaternary nitrogens is 1. The molecule has 2 N–H and O–H groups in total. The molecule has 3 nitrogen and oxygen atoms in total. The number of rotatable bonds is 21. The third-order valence-electron chi connectivity index (χ3n) is 7.18. The highest BCUT2D eigenvalue weighted by molar-refractivity contribution is 4.84. The van der Waals surface area contributed by atoms with Crippen molar-refractivity contribution in [3.05, 3.63) is 24.6 Å². The van der Waals surface area contributed by atoms with Crippen LogP contribution in [0.25, 0.3) is 0 Å². The van der Waals surface area contributed by atoms with Crippen molar-refractivity contribution in [3.63, 3.8) is 0 Å². The number of aliphatic hydroxyl groups is 1. The number of hydrogen-bond acceptors (Lipinski definition) is 2. The van der Waals surface area contributed by atoms with Gasteiger partial charge in [0.2, 0.25) is 0 Å². The monoisotopic (exact) mass is 435 g/mol. The van der Waals surface area contributed by atoms with E-state index < -0.39 is 0 Å². The Bertz CT molecular complexity index is 460. The number of nitrogens with zero attached hydrogens (tertiary/aromatic N) is 1. The smallest absolute Gasteiger partial charge is 0.193 e. The van der Waals surface area contributed by atoms with Gasteiger partial charge < -0.3 is 10.4 Å². The Morgan fingerprint density at radius 3 is 1.74 bits per heavy atom. The fraction of sp³-hybridized carbons (Fsp3) is 0.857. The molecule has 1 aliphatic rings. The number of hydrogen-bond donors (Lipinski definition) is 2. The van der Waals surface area contributed by atoms with E-state index in [-0.39, 0.29) is 6.23 Å². The first-order valence-corrected chi connectivity index (χ1v) is 13.8. The standard InChI is InChI=1S/C28H55N2O/c1-4-6-7-8-9-10-11-12-13-14-15-16-17-18-19-20-21-22-23-24-28-29-25-26-30(28,5-2)27(3)31/h7-8,25-29,31H,4-6,9-24H2,1-3H3/q+1/b8-7+. The fourth-order valence-corrected chi connectivity index (χ4v) is 4.96. The minimum atomic E-state index is -0.334. The van der Waals surface area contributed by atoms with Gasteiger partial charge in [-0.1, -0.05) is 103 Å². The molecule has 182 valence electrons. The van der Waals surface area contributed by atoms with E-state index in [4.69, 9.17) is 0 Å². The summed E-state index contributed by atoms with van der Waals surface area (Å²) < 4.78 is 0.677. The van der Waals surface area contributed by atoms with Crippen molar-refractivity contribution in [2.75, 3.05) is 6.54 Å². The highest BCUT2D eigenvalue weighted by atomic mass is 16.3. The van der Waals surface area contributed by atoms with Crippen LogP contribution in [0.2, 0.25) is 0 Å². The van der Waals surface area contributed by atoms with Gasteiger partial charge in [0.25, 0.3) is 0 Å². The zero-order chi connectivity index (χ0) is 22.6. The maximum Gasteiger partial charge on any atom is 0.193 e. The predicted octanol–water partition coefficient (Wildman–Crippen LogP) is 8.16. The second kappa shape index (κ2) is 18.7. The van der Waals surface area contributed by atoms with Gasteiger partial charge in [-0.15, -0.1) is 0 Å². The van der Waals surface area contributed by atoms with E-state index in [1.165, 1.54) is 109 Å². The van der Waals surface area contributed by atoms with Crippen molar-refractivity contribution in [1.82, 2.24) is 5.32 Å². The van der Waals surface area contributed by atoms with Crippen LogP contribution in [0.15, 0.2) is 24.6 Å². The minimum Gasteiger partial charge on any atom is -0.345 e. The Hall–Kier alpha value is -0.800. The highest BCUT2D eigenvalue weighted by Crippen LogP contribution is 2.26. The van der Waals surface area contributed by atoms with Crippen molar-refractivity contribution in [2.45, 2.75) is 149 Å². The van der Waals surface area contributed by atoms with Crippen molar-refractivity contribution in [2.24, 2.45) is 0 Å². The van der Waals surface area contributed by atoms with Crippen molar-refractivity contribution >= 4 is 0 Å². The van der Waals surface area contributed by atoms with E-state index in [0.29, 0.717) is 10.6 Å². The number of allylic oxidation sites excluding steroid dienone is 2. The first kappa shape index (κ1) is 28.2. The van der Waals surface area contributed by atoms with E-state index in [9.17, 15) is 5.11 Å². The average molecular weight is 436 g/mol. The summed E-state index contributed by atoms with van der Waals surface area (Å²) in [6.07, 6.45) is 33.5. The summed E-state index contributed by atoms with van der Waals surface area (Å²) in [5.41, 5.74) is 0. The SMILES string of the molecule is CCC/C=C/CCCCCCCCCCCCCCCCC1NC=C[N+]1(CC)C(C)O. The largest absolute Gasteiger partial charge is 0.345 e. The maximum absolute atomic E-state index is 10.2. The minimum absolute atomic E-state index is 0.334. The van der Waals surface area contributed by atoms with Crippen molar-refractivity contribution in [1.29, 1.82) is 0 Å². The third kappa shape index (κ3) is 12.1. The lowest BCUT2D eigenvalue weighted by atomic mass is 10.0. The van der Waals surface area contributed by atoms with E-state index in [1.54, 1.807) is 0 Å². The quantitative estimate of drug-likeness (QED) is 0.108. The number of unbranched alkanes of at least 4 members (excludes halogenated alkanes) is 15. The molecule has 3 heteroatoms. The predicted molar refractivity (Wildman–Crippen MR) is 136 cm³/mol. The van der Waals surface area contributed by atoms with Gasteiger partial charge in [-0.05, 0) is 32.6 Å². The Balaban J connectivity index is 1.82. The normalized spacial score (nSPS) is 21.7. The fourth-order valence-electron chi connectivity index (χ4n) is 4.96. The molecule has 0 bridgehead atoms. The summed E-state index contributed by atoms with van der Waals surface area (Å²) >= 11 is 0. The molecule has 1 aliphatic heterocycles. The maximum atomic E-state index is 10.2. The van der Waals surface area contributed by atoms with Gasteiger partial charge in [-0.25, -0.2) is 0 Å². The summed E-state index contributed by atoms with van der Waals surface area (Å²) in [7, 11) is 0. The molecule has 0 aromatic carbocycles. The summed E-state index contributed by atoms with van der Waals surface area (Å²) in [6, 6.07) is 0. The summed E-state index contributed by atoms with van der Waals surface area (Å²) in [5.74, 6) is 0.